The van der Waals surface area contributed by atoms with Gasteiger partial charge >= 0.3 is 0 Å². The van der Waals surface area contributed by atoms with Crippen molar-refractivity contribution in [2.24, 2.45) is 10.5 Å². The average molecular weight is 142 g/mol. The van der Waals surface area contributed by atoms with Gasteiger partial charge in [-0.2, -0.15) is 5.10 Å². The van der Waals surface area contributed by atoms with E-state index in [1.807, 2.05) is 7.05 Å². The topological polar surface area (TPSA) is 24.4 Å². The van der Waals surface area contributed by atoms with Gasteiger partial charge in [-0.15, -0.1) is 0 Å². The Morgan fingerprint density at radius 1 is 1.40 bits per heavy atom. The van der Waals surface area contributed by atoms with E-state index in [4.69, 9.17) is 0 Å². The summed E-state index contributed by atoms with van der Waals surface area (Å²) in [5.74, 6) is 0. The van der Waals surface area contributed by atoms with Crippen LogP contribution in [0.2, 0.25) is 0 Å². The van der Waals surface area contributed by atoms with Crippen molar-refractivity contribution in [1.82, 2.24) is 5.43 Å². The van der Waals surface area contributed by atoms with Crippen LogP contribution in [-0.4, -0.2) is 12.8 Å². The second kappa shape index (κ2) is 3.59. The van der Waals surface area contributed by atoms with Crippen molar-refractivity contribution in [3.05, 3.63) is 0 Å². The van der Waals surface area contributed by atoms with E-state index in [1.54, 1.807) is 0 Å². The zero-order chi connectivity index (χ0) is 8.20. The molecule has 1 N–H and O–H groups in total. The van der Waals surface area contributed by atoms with Gasteiger partial charge in [0.25, 0.3) is 0 Å². The van der Waals surface area contributed by atoms with Gasteiger partial charge in [-0.3, -0.25) is 0 Å². The molecule has 0 bridgehead atoms. The van der Waals surface area contributed by atoms with Gasteiger partial charge in [-0.25, -0.2) is 0 Å². The third-order valence-corrected chi connectivity index (χ3v) is 1.45. The molecule has 0 aliphatic heterocycles. The van der Waals surface area contributed by atoms with Crippen molar-refractivity contribution >= 4 is 5.71 Å². The fraction of sp³-hybridized carbons (Fsp3) is 0.875. The molecule has 60 valence electrons. The number of hydrazone groups is 1. The quantitative estimate of drug-likeness (QED) is 0.463. The highest BCUT2D eigenvalue weighted by Crippen LogP contribution is 2.17. The highest BCUT2D eigenvalue weighted by Gasteiger charge is 2.16. The van der Waals surface area contributed by atoms with Crippen LogP contribution in [0.4, 0.5) is 0 Å². The first-order valence-corrected chi connectivity index (χ1v) is 3.76. The number of hydrogen-bond acceptors (Lipinski definition) is 2. The predicted molar refractivity (Wildman–Crippen MR) is 46.2 cm³/mol. The molecule has 0 aliphatic carbocycles. The third-order valence-electron chi connectivity index (χ3n) is 1.45. The van der Waals surface area contributed by atoms with Gasteiger partial charge in [0.15, 0.2) is 0 Å². The van der Waals surface area contributed by atoms with Crippen LogP contribution in [0.1, 0.15) is 34.1 Å². The van der Waals surface area contributed by atoms with Crippen LogP contribution < -0.4 is 5.43 Å². The van der Waals surface area contributed by atoms with Crippen LogP contribution >= 0.6 is 0 Å². The normalized spacial score (nSPS) is 13.5. The fourth-order valence-corrected chi connectivity index (χ4v) is 0.912. The zero-order valence-corrected chi connectivity index (χ0v) is 7.65. The molecule has 0 aromatic rings. The first kappa shape index (κ1) is 9.47. The molecule has 0 heterocycles. The fourth-order valence-electron chi connectivity index (χ4n) is 0.912. The summed E-state index contributed by atoms with van der Waals surface area (Å²) in [5.41, 5.74) is 4.24. The lowest BCUT2D eigenvalue weighted by Gasteiger charge is -2.19. The maximum absolute atomic E-state index is 4.18. The summed E-state index contributed by atoms with van der Waals surface area (Å²) in [7, 11) is 1.83. The Morgan fingerprint density at radius 3 is 2.00 bits per heavy atom. The summed E-state index contributed by atoms with van der Waals surface area (Å²) < 4.78 is 0. The first-order valence-electron chi connectivity index (χ1n) is 3.76. The molecule has 0 saturated carbocycles. The molecule has 2 nitrogen and oxygen atoms in total. The van der Waals surface area contributed by atoms with Crippen molar-refractivity contribution < 1.29 is 0 Å². The molecule has 2 heteroatoms. The van der Waals surface area contributed by atoms with E-state index in [1.165, 1.54) is 5.71 Å². The standard InChI is InChI=1S/C8H18N2/c1-6-7(10-9-5)8(2,3)4/h9H,6H2,1-5H3/b10-7+. The molecule has 0 aromatic carbocycles. The van der Waals surface area contributed by atoms with Gasteiger partial charge in [-0.1, -0.05) is 27.7 Å². The van der Waals surface area contributed by atoms with Crippen molar-refractivity contribution in [2.45, 2.75) is 34.1 Å². The lowest BCUT2D eigenvalue weighted by atomic mass is 9.88. The largest absolute Gasteiger partial charge is 0.313 e. The Hall–Kier alpha value is -0.530. The maximum Gasteiger partial charge on any atom is 0.0428 e. The Labute approximate surface area is 63.7 Å². The highest BCUT2D eigenvalue weighted by molar-refractivity contribution is 5.88. The summed E-state index contributed by atoms with van der Waals surface area (Å²) in [6, 6.07) is 0. The first-order chi connectivity index (χ1) is 4.52. The Kier molecular flexibility index (Phi) is 3.40. The summed E-state index contributed by atoms with van der Waals surface area (Å²) in [6.07, 6.45) is 1.02. The molecule has 0 atom stereocenters. The molecule has 0 amide bonds. The van der Waals surface area contributed by atoms with Crippen LogP contribution in [0, 0.1) is 5.41 Å². The van der Waals surface area contributed by atoms with Gasteiger partial charge in [-0.05, 0) is 6.42 Å². The van der Waals surface area contributed by atoms with E-state index in [0.29, 0.717) is 0 Å². The summed E-state index contributed by atoms with van der Waals surface area (Å²) in [6.45, 7) is 8.65. The van der Waals surface area contributed by atoms with E-state index in [0.717, 1.165) is 6.42 Å². The molecule has 0 rings (SSSR count). The van der Waals surface area contributed by atoms with Gasteiger partial charge in [0.1, 0.15) is 0 Å². The van der Waals surface area contributed by atoms with Crippen LogP contribution in [-0.2, 0) is 0 Å². The molecular weight excluding hydrogens is 124 g/mol. The zero-order valence-electron chi connectivity index (χ0n) is 7.65. The van der Waals surface area contributed by atoms with E-state index in [9.17, 15) is 0 Å². The summed E-state index contributed by atoms with van der Waals surface area (Å²) >= 11 is 0. The van der Waals surface area contributed by atoms with E-state index in [-0.39, 0.29) is 5.41 Å². The second-order valence-corrected chi connectivity index (χ2v) is 3.39. The van der Waals surface area contributed by atoms with E-state index >= 15 is 0 Å². The molecule has 0 unspecified atom stereocenters. The van der Waals surface area contributed by atoms with Crippen molar-refractivity contribution in [3.8, 4) is 0 Å². The number of nitrogens with one attached hydrogen (secondary N) is 1. The second-order valence-electron chi connectivity index (χ2n) is 3.39. The number of nitrogens with zero attached hydrogens (tertiary/aromatic N) is 1. The van der Waals surface area contributed by atoms with Crippen molar-refractivity contribution in [2.75, 3.05) is 7.05 Å². The molecule has 0 spiro atoms. The molecule has 0 aliphatic rings. The highest BCUT2D eigenvalue weighted by atomic mass is 15.3. The molecule has 0 aromatic heterocycles. The smallest absolute Gasteiger partial charge is 0.0428 e. The summed E-state index contributed by atoms with van der Waals surface area (Å²) in [5, 5.41) is 4.18. The van der Waals surface area contributed by atoms with Gasteiger partial charge < -0.3 is 5.43 Å². The minimum Gasteiger partial charge on any atom is -0.313 e. The number of hydrogen-bond donors (Lipinski definition) is 1. The van der Waals surface area contributed by atoms with E-state index in [2.05, 4.69) is 38.2 Å². The SMILES string of the molecule is CC/C(=N\NC)C(C)(C)C. The monoisotopic (exact) mass is 142 g/mol. The molecular formula is C8H18N2. The maximum atomic E-state index is 4.18. The van der Waals surface area contributed by atoms with E-state index < -0.39 is 0 Å². The van der Waals surface area contributed by atoms with Crippen molar-refractivity contribution in [3.63, 3.8) is 0 Å². The molecule has 0 saturated heterocycles. The van der Waals surface area contributed by atoms with Gasteiger partial charge in [0.05, 0.1) is 0 Å². The predicted octanol–water partition coefficient (Wildman–Crippen LogP) is 2.02. The Balaban J connectivity index is 4.21. The average Bonchev–Trinajstić information content (AvgIpc) is 1.80. The Bertz CT molecular complexity index is 120. The minimum absolute atomic E-state index is 0.206. The van der Waals surface area contributed by atoms with Crippen LogP contribution in [0.5, 0.6) is 0 Å². The molecule has 0 fully saturated rings. The van der Waals surface area contributed by atoms with Gasteiger partial charge in [0, 0.05) is 18.2 Å². The minimum atomic E-state index is 0.206. The molecule has 0 radical (unpaired) electrons. The summed E-state index contributed by atoms with van der Waals surface area (Å²) in [4.78, 5) is 0. The van der Waals surface area contributed by atoms with Crippen LogP contribution in [0.25, 0.3) is 0 Å². The molecule has 10 heavy (non-hydrogen) atoms. The third kappa shape index (κ3) is 2.85. The van der Waals surface area contributed by atoms with Gasteiger partial charge in [0.2, 0.25) is 0 Å². The lowest BCUT2D eigenvalue weighted by Crippen LogP contribution is -2.21. The lowest BCUT2D eigenvalue weighted by molar-refractivity contribution is 0.572. The number of rotatable bonds is 2. The van der Waals surface area contributed by atoms with Crippen LogP contribution in [0.15, 0.2) is 5.10 Å². The van der Waals surface area contributed by atoms with Crippen molar-refractivity contribution in [1.29, 1.82) is 0 Å². The Morgan fingerprint density at radius 2 is 1.90 bits per heavy atom. The van der Waals surface area contributed by atoms with Crippen LogP contribution in [0.3, 0.4) is 0 Å².